The summed E-state index contributed by atoms with van der Waals surface area (Å²) in [7, 11) is -3.56. The molecule has 3 rings (SSSR count). The van der Waals surface area contributed by atoms with Crippen molar-refractivity contribution in [3.8, 4) is 0 Å². The smallest absolute Gasteiger partial charge is 0.258 e. The second-order valence-corrected chi connectivity index (χ2v) is 8.73. The third-order valence-corrected chi connectivity index (χ3v) is 6.35. The number of hydrogen-bond donors (Lipinski definition) is 1. The maximum Gasteiger partial charge on any atom is 0.258 e. The van der Waals surface area contributed by atoms with E-state index in [0.717, 1.165) is 31.2 Å². The number of halogens is 1. The Bertz CT molecular complexity index is 943. The van der Waals surface area contributed by atoms with Crippen LogP contribution in [0.2, 0.25) is 0 Å². The summed E-state index contributed by atoms with van der Waals surface area (Å²) in [5.41, 5.74) is 1.95. The fraction of sp³-hybridized carbons (Fsp3) is 0.381. The van der Waals surface area contributed by atoms with Gasteiger partial charge in [-0.3, -0.25) is 4.79 Å². The minimum atomic E-state index is -3.56. The molecular weight excluding hydrogens is 379 g/mol. The number of sulfonamides is 1. The van der Waals surface area contributed by atoms with Crippen molar-refractivity contribution < 1.29 is 17.6 Å². The summed E-state index contributed by atoms with van der Waals surface area (Å²) in [6.07, 6.45) is 4.27. The predicted molar refractivity (Wildman–Crippen MR) is 108 cm³/mol. The number of nitrogens with one attached hydrogen (secondary N) is 1. The number of fused-ring (bicyclic) bond motifs is 1. The molecule has 0 saturated carbocycles. The highest BCUT2D eigenvalue weighted by molar-refractivity contribution is 7.89. The van der Waals surface area contributed by atoms with Crippen LogP contribution in [0.5, 0.6) is 0 Å². The van der Waals surface area contributed by atoms with Crippen molar-refractivity contribution in [1.29, 1.82) is 0 Å². The Labute approximate surface area is 165 Å². The van der Waals surface area contributed by atoms with Crippen molar-refractivity contribution in [3.05, 3.63) is 59.4 Å². The van der Waals surface area contributed by atoms with Gasteiger partial charge in [-0.1, -0.05) is 19.8 Å². The molecule has 2 aromatic rings. The molecule has 0 aliphatic carbocycles. The molecular formula is C21H25FN2O3S. The summed E-state index contributed by atoms with van der Waals surface area (Å²) in [6, 6.07) is 10.3. The molecule has 0 radical (unpaired) electrons. The van der Waals surface area contributed by atoms with E-state index in [-0.39, 0.29) is 10.8 Å². The lowest BCUT2D eigenvalue weighted by Gasteiger charge is -2.30. The molecule has 150 valence electrons. The number of hydrogen-bond acceptors (Lipinski definition) is 3. The molecule has 0 atom stereocenters. The lowest BCUT2D eigenvalue weighted by Crippen LogP contribution is -2.35. The fourth-order valence-corrected chi connectivity index (χ4v) is 4.49. The molecule has 5 nitrogen and oxygen atoms in total. The van der Waals surface area contributed by atoms with Gasteiger partial charge in [0.2, 0.25) is 10.0 Å². The zero-order valence-electron chi connectivity index (χ0n) is 15.9. The van der Waals surface area contributed by atoms with Crippen LogP contribution in [-0.4, -0.2) is 27.4 Å². The van der Waals surface area contributed by atoms with Crippen molar-refractivity contribution >= 4 is 21.6 Å². The summed E-state index contributed by atoms with van der Waals surface area (Å²) in [6.45, 7) is 3.03. The second-order valence-electron chi connectivity index (χ2n) is 6.96. The number of nitrogens with zero attached hydrogens (tertiary/aromatic N) is 1. The Morgan fingerprint density at radius 1 is 1.14 bits per heavy atom. The van der Waals surface area contributed by atoms with Crippen molar-refractivity contribution in [2.75, 3.05) is 18.0 Å². The number of rotatable bonds is 7. The van der Waals surface area contributed by atoms with Crippen LogP contribution in [0.4, 0.5) is 10.1 Å². The van der Waals surface area contributed by atoms with E-state index in [1.165, 1.54) is 30.3 Å². The van der Waals surface area contributed by atoms with Gasteiger partial charge in [0, 0.05) is 24.3 Å². The summed E-state index contributed by atoms with van der Waals surface area (Å²) < 4.78 is 40.8. The summed E-state index contributed by atoms with van der Waals surface area (Å²) >= 11 is 0. The first-order chi connectivity index (χ1) is 13.4. The molecule has 1 aliphatic heterocycles. The molecule has 0 fully saturated rings. The van der Waals surface area contributed by atoms with Gasteiger partial charge in [0.25, 0.3) is 5.91 Å². The van der Waals surface area contributed by atoms with Crippen molar-refractivity contribution in [2.45, 2.75) is 43.9 Å². The maximum absolute atomic E-state index is 13.1. The van der Waals surface area contributed by atoms with Crippen molar-refractivity contribution in [3.63, 3.8) is 0 Å². The summed E-state index contributed by atoms with van der Waals surface area (Å²) in [4.78, 5) is 14.7. The number of benzene rings is 2. The van der Waals surface area contributed by atoms with Crippen LogP contribution in [-0.2, 0) is 16.4 Å². The monoisotopic (exact) mass is 404 g/mol. The molecule has 0 unspecified atom stereocenters. The van der Waals surface area contributed by atoms with Gasteiger partial charge in [-0.05, 0) is 67.3 Å². The van der Waals surface area contributed by atoms with Gasteiger partial charge in [0.05, 0.1) is 4.90 Å². The number of anilines is 1. The van der Waals surface area contributed by atoms with Crippen LogP contribution in [0.15, 0.2) is 47.4 Å². The number of aryl methyl sites for hydroxylation is 1. The second kappa shape index (κ2) is 8.84. The van der Waals surface area contributed by atoms with Gasteiger partial charge < -0.3 is 4.90 Å². The Morgan fingerprint density at radius 3 is 2.61 bits per heavy atom. The predicted octanol–water partition coefficient (Wildman–Crippen LogP) is 3.89. The molecule has 7 heteroatoms. The molecule has 0 bridgehead atoms. The van der Waals surface area contributed by atoms with E-state index in [1.54, 1.807) is 17.0 Å². The van der Waals surface area contributed by atoms with Crippen LogP contribution in [0.1, 0.15) is 48.5 Å². The van der Waals surface area contributed by atoms with Crippen LogP contribution >= 0.6 is 0 Å². The topological polar surface area (TPSA) is 66.5 Å². The fourth-order valence-electron chi connectivity index (χ4n) is 3.36. The number of unbranched alkanes of at least 4 members (excludes halogenated alkanes) is 2. The third kappa shape index (κ3) is 4.59. The molecule has 0 saturated heterocycles. The lowest BCUT2D eigenvalue weighted by molar-refractivity contribution is 0.0985. The number of carbonyl (C=O) groups excluding carboxylic acids is 1. The minimum Gasteiger partial charge on any atom is -0.308 e. The van der Waals surface area contributed by atoms with Gasteiger partial charge in [0.15, 0.2) is 0 Å². The van der Waals surface area contributed by atoms with E-state index in [9.17, 15) is 17.6 Å². The van der Waals surface area contributed by atoms with Gasteiger partial charge >= 0.3 is 0 Å². The highest BCUT2D eigenvalue weighted by Crippen LogP contribution is 2.30. The molecule has 1 N–H and O–H groups in total. The van der Waals surface area contributed by atoms with Gasteiger partial charge in [-0.25, -0.2) is 17.5 Å². The Kier molecular flexibility index (Phi) is 6.46. The van der Waals surface area contributed by atoms with Crippen LogP contribution in [0, 0.1) is 5.82 Å². The number of amides is 1. The van der Waals surface area contributed by atoms with E-state index >= 15 is 0 Å². The van der Waals surface area contributed by atoms with E-state index in [2.05, 4.69) is 11.6 Å². The third-order valence-electron chi connectivity index (χ3n) is 4.89. The molecule has 0 spiro atoms. The summed E-state index contributed by atoms with van der Waals surface area (Å²) in [5, 5.41) is 0. The Hall–Kier alpha value is -2.25. The zero-order valence-corrected chi connectivity index (χ0v) is 16.8. The van der Waals surface area contributed by atoms with E-state index in [1.807, 2.05) is 0 Å². The first-order valence-corrected chi connectivity index (χ1v) is 11.1. The van der Waals surface area contributed by atoms with Crippen LogP contribution in [0.3, 0.4) is 0 Å². The summed E-state index contributed by atoms with van der Waals surface area (Å²) in [5.74, 6) is -0.605. The van der Waals surface area contributed by atoms with Crippen LogP contribution < -0.4 is 9.62 Å². The SMILES string of the molecule is CCCCCNS(=O)(=O)c1ccc2c(c1)CCCN2C(=O)c1ccc(F)cc1. The maximum atomic E-state index is 13.1. The van der Waals surface area contributed by atoms with E-state index in [0.29, 0.717) is 30.8 Å². The Morgan fingerprint density at radius 2 is 1.89 bits per heavy atom. The van der Waals surface area contributed by atoms with Gasteiger partial charge in [-0.2, -0.15) is 0 Å². The first-order valence-electron chi connectivity index (χ1n) is 9.62. The van der Waals surface area contributed by atoms with Gasteiger partial charge in [0.1, 0.15) is 5.82 Å². The molecule has 1 heterocycles. The van der Waals surface area contributed by atoms with E-state index < -0.39 is 15.8 Å². The quantitative estimate of drug-likeness (QED) is 0.712. The highest BCUT2D eigenvalue weighted by Gasteiger charge is 2.25. The van der Waals surface area contributed by atoms with Crippen molar-refractivity contribution in [2.24, 2.45) is 0 Å². The Balaban J connectivity index is 1.81. The van der Waals surface area contributed by atoms with Crippen molar-refractivity contribution in [1.82, 2.24) is 4.72 Å². The average molecular weight is 405 g/mol. The van der Waals surface area contributed by atoms with Crippen LogP contribution in [0.25, 0.3) is 0 Å². The van der Waals surface area contributed by atoms with E-state index in [4.69, 9.17) is 0 Å². The largest absolute Gasteiger partial charge is 0.308 e. The molecule has 1 amide bonds. The molecule has 0 aromatic heterocycles. The normalized spacial score (nSPS) is 14.0. The van der Waals surface area contributed by atoms with Gasteiger partial charge in [-0.15, -0.1) is 0 Å². The highest BCUT2D eigenvalue weighted by atomic mass is 32.2. The molecule has 1 aliphatic rings. The average Bonchev–Trinajstić information content (AvgIpc) is 2.70. The standard InChI is InChI=1S/C21H25FN2O3S/c1-2-3-4-13-23-28(26,27)19-11-12-20-17(15-19)6-5-14-24(20)21(25)16-7-9-18(22)10-8-16/h7-12,15,23H,2-6,13-14H2,1H3. The minimum absolute atomic E-state index is 0.214. The number of carbonyl (C=O) groups is 1. The first kappa shape index (κ1) is 20.5. The molecule has 2 aromatic carbocycles. The molecule has 28 heavy (non-hydrogen) atoms. The zero-order chi connectivity index (χ0) is 20.1. The lowest BCUT2D eigenvalue weighted by atomic mass is 10.0.